The molecule has 0 aromatic carbocycles. The third-order valence-electron chi connectivity index (χ3n) is 3.32. The Morgan fingerprint density at radius 1 is 1.71 bits per heavy atom. The fourth-order valence-electron chi connectivity index (χ4n) is 2.22. The number of carbonyl (C=O) groups is 1. The minimum Gasteiger partial charge on any atom is -0.322 e. The predicted molar refractivity (Wildman–Crippen MR) is 62.7 cm³/mol. The standard InChI is InChI=1S/C12H20FN3O/c1-3-4-8(2)11(15)12(17)16-7-9(13)5-10(16)6-14/h8-11H,3-5,7,15H2,1-2H3/t8-,9+,10-,11-/m0/s1. The molecule has 1 saturated heterocycles. The van der Waals surface area contributed by atoms with Crippen LogP contribution in [0.25, 0.3) is 0 Å². The van der Waals surface area contributed by atoms with Gasteiger partial charge >= 0.3 is 0 Å². The molecule has 1 amide bonds. The first-order chi connectivity index (χ1) is 8.01. The molecular weight excluding hydrogens is 221 g/mol. The smallest absolute Gasteiger partial charge is 0.240 e. The van der Waals surface area contributed by atoms with Crippen LogP contribution >= 0.6 is 0 Å². The summed E-state index contributed by atoms with van der Waals surface area (Å²) in [4.78, 5) is 13.4. The van der Waals surface area contributed by atoms with Crippen molar-refractivity contribution in [2.45, 2.75) is 51.4 Å². The lowest BCUT2D eigenvalue weighted by Crippen LogP contribution is -2.48. The normalized spacial score (nSPS) is 27.6. The maximum Gasteiger partial charge on any atom is 0.240 e. The largest absolute Gasteiger partial charge is 0.322 e. The zero-order chi connectivity index (χ0) is 13.0. The van der Waals surface area contributed by atoms with Crippen LogP contribution < -0.4 is 5.73 Å². The lowest BCUT2D eigenvalue weighted by atomic mass is 9.96. The summed E-state index contributed by atoms with van der Waals surface area (Å²) in [6.45, 7) is 3.94. The first-order valence-corrected chi connectivity index (χ1v) is 6.11. The maximum atomic E-state index is 13.2. The van der Waals surface area contributed by atoms with Crippen LogP contribution in [0.1, 0.15) is 33.1 Å². The third-order valence-corrected chi connectivity index (χ3v) is 3.32. The van der Waals surface area contributed by atoms with E-state index in [0.717, 1.165) is 12.8 Å². The van der Waals surface area contributed by atoms with E-state index < -0.39 is 18.3 Å². The van der Waals surface area contributed by atoms with E-state index >= 15 is 0 Å². The molecule has 0 bridgehead atoms. The molecular formula is C12H20FN3O. The van der Waals surface area contributed by atoms with Crippen LogP contribution in [-0.2, 0) is 4.79 Å². The Morgan fingerprint density at radius 2 is 2.35 bits per heavy atom. The van der Waals surface area contributed by atoms with Crippen LogP contribution in [0.3, 0.4) is 0 Å². The average molecular weight is 241 g/mol. The summed E-state index contributed by atoms with van der Waals surface area (Å²) in [5, 5.41) is 8.88. The van der Waals surface area contributed by atoms with Gasteiger partial charge in [-0.1, -0.05) is 20.3 Å². The van der Waals surface area contributed by atoms with E-state index in [9.17, 15) is 9.18 Å². The number of halogens is 1. The van der Waals surface area contributed by atoms with Gasteiger partial charge in [0.1, 0.15) is 12.2 Å². The molecule has 0 spiro atoms. The second-order valence-corrected chi connectivity index (χ2v) is 4.76. The number of likely N-dealkylation sites (tertiary alicyclic amines) is 1. The van der Waals surface area contributed by atoms with Crippen molar-refractivity contribution in [3.05, 3.63) is 0 Å². The average Bonchev–Trinajstić information content (AvgIpc) is 2.68. The molecule has 4 atom stereocenters. The highest BCUT2D eigenvalue weighted by Gasteiger charge is 2.38. The summed E-state index contributed by atoms with van der Waals surface area (Å²) < 4.78 is 13.2. The van der Waals surface area contributed by atoms with Gasteiger partial charge < -0.3 is 10.6 Å². The molecule has 2 N–H and O–H groups in total. The Morgan fingerprint density at radius 3 is 2.88 bits per heavy atom. The van der Waals surface area contributed by atoms with Gasteiger partial charge in [0.05, 0.1) is 18.7 Å². The van der Waals surface area contributed by atoms with Crippen molar-refractivity contribution in [1.29, 1.82) is 5.26 Å². The minimum atomic E-state index is -1.10. The second kappa shape index (κ2) is 5.97. The maximum absolute atomic E-state index is 13.2. The highest BCUT2D eigenvalue weighted by molar-refractivity contribution is 5.83. The summed E-state index contributed by atoms with van der Waals surface area (Å²) in [5.41, 5.74) is 5.87. The van der Waals surface area contributed by atoms with E-state index in [1.807, 2.05) is 19.9 Å². The van der Waals surface area contributed by atoms with Gasteiger partial charge in [0.2, 0.25) is 5.91 Å². The molecule has 0 aliphatic carbocycles. The first-order valence-electron chi connectivity index (χ1n) is 6.11. The van der Waals surface area contributed by atoms with E-state index in [1.165, 1.54) is 4.90 Å². The number of nitrogens with zero attached hydrogens (tertiary/aromatic N) is 2. The van der Waals surface area contributed by atoms with Gasteiger partial charge in [-0.25, -0.2) is 4.39 Å². The topological polar surface area (TPSA) is 70.1 Å². The van der Waals surface area contributed by atoms with Crippen molar-refractivity contribution in [2.24, 2.45) is 11.7 Å². The van der Waals surface area contributed by atoms with Crippen molar-refractivity contribution in [2.75, 3.05) is 6.54 Å². The molecule has 4 nitrogen and oxygen atoms in total. The molecule has 1 aliphatic heterocycles. The van der Waals surface area contributed by atoms with Gasteiger partial charge in [-0.2, -0.15) is 5.26 Å². The molecule has 96 valence electrons. The molecule has 1 rings (SSSR count). The molecule has 0 unspecified atom stereocenters. The van der Waals surface area contributed by atoms with Crippen molar-refractivity contribution < 1.29 is 9.18 Å². The Hall–Kier alpha value is -1.15. The van der Waals surface area contributed by atoms with Gasteiger partial charge in [0.15, 0.2) is 0 Å². The summed E-state index contributed by atoms with van der Waals surface area (Å²) in [6, 6.07) is 0.677. The van der Waals surface area contributed by atoms with Gasteiger partial charge in [-0.3, -0.25) is 4.79 Å². The van der Waals surface area contributed by atoms with Crippen LogP contribution in [0.4, 0.5) is 4.39 Å². The molecule has 0 aromatic rings. The molecule has 1 heterocycles. The Bertz CT molecular complexity index is 315. The second-order valence-electron chi connectivity index (χ2n) is 4.76. The summed E-state index contributed by atoms with van der Waals surface area (Å²) in [5.74, 6) is -0.233. The number of nitrogens with two attached hydrogens (primary N) is 1. The van der Waals surface area contributed by atoms with E-state index in [0.29, 0.717) is 0 Å². The molecule has 0 radical (unpaired) electrons. The SMILES string of the molecule is CCC[C@H](C)[C@H](N)C(=O)N1C[C@H](F)C[C@H]1C#N. The lowest BCUT2D eigenvalue weighted by Gasteiger charge is -2.26. The summed E-state index contributed by atoms with van der Waals surface area (Å²) in [6.07, 6.45) is 0.821. The number of carbonyl (C=O) groups excluding carboxylic acids is 1. The molecule has 1 fully saturated rings. The van der Waals surface area contributed by atoms with Crippen LogP contribution in [0.15, 0.2) is 0 Å². The molecule has 17 heavy (non-hydrogen) atoms. The monoisotopic (exact) mass is 241 g/mol. The zero-order valence-electron chi connectivity index (χ0n) is 10.4. The Balaban J connectivity index is 2.66. The number of hydrogen-bond donors (Lipinski definition) is 1. The van der Waals surface area contributed by atoms with Gasteiger partial charge in [-0.05, 0) is 12.3 Å². The van der Waals surface area contributed by atoms with E-state index in [1.54, 1.807) is 0 Å². The summed E-state index contributed by atoms with van der Waals surface area (Å²) in [7, 11) is 0. The fraction of sp³-hybridized carbons (Fsp3) is 0.833. The lowest BCUT2D eigenvalue weighted by molar-refractivity contribution is -0.133. The predicted octanol–water partition coefficient (Wildman–Crippen LogP) is 1.21. The van der Waals surface area contributed by atoms with Crippen LogP contribution in [-0.4, -0.2) is 35.6 Å². The van der Waals surface area contributed by atoms with E-state index in [-0.39, 0.29) is 24.8 Å². The Kier molecular flexibility index (Phi) is 4.88. The summed E-state index contributed by atoms with van der Waals surface area (Å²) >= 11 is 0. The van der Waals surface area contributed by atoms with Crippen molar-refractivity contribution in [1.82, 2.24) is 4.90 Å². The van der Waals surface area contributed by atoms with Gasteiger partial charge in [0.25, 0.3) is 0 Å². The number of rotatable bonds is 4. The van der Waals surface area contributed by atoms with E-state index in [2.05, 4.69) is 0 Å². The molecule has 0 aromatic heterocycles. The third kappa shape index (κ3) is 3.16. The van der Waals surface area contributed by atoms with Gasteiger partial charge in [0, 0.05) is 6.42 Å². The van der Waals surface area contributed by atoms with Gasteiger partial charge in [-0.15, -0.1) is 0 Å². The van der Waals surface area contributed by atoms with Crippen LogP contribution in [0, 0.1) is 17.2 Å². The zero-order valence-corrected chi connectivity index (χ0v) is 10.4. The number of nitriles is 1. The van der Waals surface area contributed by atoms with Crippen molar-refractivity contribution >= 4 is 5.91 Å². The number of alkyl halides is 1. The first kappa shape index (κ1) is 13.9. The molecule has 5 heteroatoms. The van der Waals surface area contributed by atoms with E-state index in [4.69, 9.17) is 11.0 Å². The van der Waals surface area contributed by atoms with Crippen LogP contribution in [0.2, 0.25) is 0 Å². The number of amides is 1. The highest BCUT2D eigenvalue weighted by Crippen LogP contribution is 2.22. The van der Waals surface area contributed by atoms with Crippen molar-refractivity contribution in [3.8, 4) is 6.07 Å². The quantitative estimate of drug-likeness (QED) is 0.804. The Labute approximate surface area is 102 Å². The van der Waals surface area contributed by atoms with Crippen molar-refractivity contribution in [3.63, 3.8) is 0 Å². The fourth-order valence-corrected chi connectivity index (χ4v) is 2.22. The van der Waals surface area contributed by atoms with Crippen LogP contribution in [0.5, 0.6) is 0 Å². The number of hydrogen-bond acceptors (Lipinski definition) is 3. The molecule has 1 aliphatic rings. The highest BCUT2D eigenvalue weighted by atomic mass is 19.1. The minimum absolute atomic E-state index is 0.00358. The molecule has 0 saturated carbocycles.